The van der Waals surface area contributed by atoms with Gasteiger partial charge < -0.3 is 33.7 Å². The molecule has 8 rings (SSSR count). The minimum absolute atomic E-state index is 0.00525. The number of methoxy groups -OCH3 is 1. The van der Waals surface area contributed by atoms with Gasteiger partial charge in [-0.05, 0) is 104 Å². The number of esters is 1. The Morgan fingerprint density at radius 1 is 1.10 bits per heavy atom. The highest BCUT2D eigenvalue weighted by atomic mass is 16.5. The quantitative estimate of drug-likeness (QED) is 0.0699. The lowest BCUT2D eigenvalue weighted by Gasteiger charge is -2.36. The molecule has 2 fully saturated rings. The van der Waals surface area contributed by atoms with Gasteiger partial charge in [-0.1, -0.05) is 46.4 Å². The van der Waals surface area contributed by atoms with E-state index in [-0.39, 0.29) is 73.8 Å². The van der Waals surface area contributed by atoms with Crippen molar-refractivity contribution < 1.29 is 38.5 Å². The van der Waals surface area contributed by atoms with E-state index < -0.39 is 23.5 Å². The molecule has 16 nitrogen and oxygen atoms in total. The second-order valence-corrected chi connectivity index (χ2v) is 19.8. The predicted molar refractivity (Wildman–Crippen MR) is 254 cm³/mol. The number of hydrazine groups is 1. The molecule has 0 radical (unpaired) electrons. The number of likely N-dealkylation sites (tertiary alicyclic amines) is 1. The number of likely N-dealkylation sites (N-methyl/N-ethyl adjacent to an activating group) is 1. The summed E-state index contributed by atoms with van der Waals surface area (Å²) in [5, 5.41) is 22.0. The normalized spacial score (nSPS) is 22.4. The molecule has 360 valence electrons. The van der Waals surface area contributed by atoms with Crippen LogP contribution in [0.5, 0.6) is 5.75 Å². The minimum atomic E-state index is -0.817. The van der Waals surface area contributed by atoms with Crippen molar-refractivity contribution in [1.82, 2.24) is 39.9 Å². The van der Waals surface area contributed by atoms with E-state index in [1.165, 1.54) is 11.1 Å². The van der Waals surface area contributed by atoms with Gasteiger partial charge in [-0.15, -0.1) is 0 Å². The largest absolute Gasteiger partial charge is 0.508 e. The zero-order valence-corrected chi connectivity index (χ0v) is 40.2. The van der Waals surface area contributed by atoms with Gasteiger partial charge in [-0.2, -0.15) is 5.10 Å². The fourth-order valence-corrected chi connectivity index (χ4v) is 10.6. The van der Waals surface area contributed by atoms with E-state index in [0.717, 1.165) is 63.1 Å². The summed E-state index contributed by atoms with van der Waals surface area (Å²) in [6.45, 7) is 17.1. The molecule has 0 spiro atoms. The van der Waals surface area contributed by atoms with Gasteiger partial charge in [-0.3, -0.25) is 34.2 Å². The predicted octanol–water partition coefficient (Wildman–Crippen LogP) is 5.60. The number of nitrogens with zero attached hydrogens (tertiary/aromatic N) is 6. The van der Waals surface area contributed by atoms with Crippen molar-refractivity contribution in [3.8, 4) is 28.1 Å². The van der Waals surface area contributed by atoms with Crippen LogP contribution in [-0.2, 0) is 59.3 Å². The molecule has 0 saturated carbocycles. The molecule has 67 heavy (non-hydrogen) atoms. The number of carbonyl (C=O) groups is 4. The van der Waals surface area contributed by atoms with Gasteiger partial charge >= 0.3 is 5.97 Å². The van der Waals surface area contributed by atoms with Gasteiger partial charge in [0, 0.05) is 68.8 Å². The first-order valence-corrected chi connectivity index (χ1v) is 23.9. The lowest BCUT2D eigenvalue weighted by atomic mass is 9.84. The average Bonchev–Trinajstić information content (AvgIpc) is 4.13. The maximum absolute atomic E-state index is 14.6. The number of nitrogens with one attached hydrogen (secondary N) is 2. The first kappa shape index (κ1) is 47.9. The van der Waals surface area contributed by atoms with Crippen LogP contribution in [0.25, 0.3) is 33.3 Å². The number of amides is 3. The van der Waals surface area contributed by atoms with Crippen LogP contribution in [0.15, 0.2) is 55.3 Å². The van der Waals surface area contributed by atoms with Crippen LogP contribution in [0.3, 0.4) is 0 Å². The minimum Gasteiger partial charge on any atom is -0.508 e. The number of benzene rings is 2. The Labute approximate surface area is 393 Å². The number of aromatic hydroxyl groups is 1. The van der Waals surface area contributed by atoms with Crippen molar-refractivity contribution in [2.75, 3.05) is 53.7 Å². The Bertz CT molecular complexity index is 2510. The smallest absolute Gasteiger partial charge is 0.324 e. The highest BCUT2D eigenvalue weighted by molar-refractivity contribution is 5.95. The number of fused-ring (bicyclic) bond motifs is 7. The number of cyclic esters (lactones) is 1. The second-order valence-electron chi connectivity index (χ2n) is 19.8. The van der Waals surface area contributed by atoms with Crippen LogP contribution in [-0.4, -0.2) is 130 Å². The molecule has 5 atom stereocenters. The molecule has 16 heteroatoms. The van der Waals surface area contributed by atoms with Crippen LogP contribution in [0.4, 0.5) is 0 Å². The van der Waals surface area contributed by atoms with Crippen molar-refractivity contribution in [3.63, 3.8) is 0 Å². The van der Waals surface area contributed by atoms with E-state index in [1.807, 2.05) is 30.8 Å². The number of ether oxygens (including phenoxy) is 3. The Morgan fingerprint density at radius 2 is 1.91 bits per heavy atom. The lowest BCUT2D eigenvalue weighted by Crippen LogP contribution is -2.60. The Hall–Kier alpha value is -5.55. The lowest BCUT2D eigenvalue weighted by molar-refractivity contribution is -0.155. The molecule has 4 aromatic rings. The summed E-state index contributed by atoms with van der Waals surface area (Å²) in [4.78, 5) is 57.7. The number of phenols is 1. The molecule has 3 amide bonds. The molecule has 4 aliphatic heterocycles. The highest BCUT2D eigenvalue weighted by Gasteiger charge is 2.38. The maximum Gasteiger partial charge on any atom is 0.324 e. The van der Waals surface area contributed by atoms with Crippen molar-refractivity contribution in [1.29, 1.82) is 0 Å². The SMILES string of the molecule is C=CC(=O)N1CC[C@H](C(=O)N(C)[C@H](COCN[C@H]2Cc3cc(O)cc(c3)-c3ccc4c(c3)c(c(-c3cnn5c3[C@@H](OC)CC5)n4CC)CC(C)(C)COC(=O)[C@@H]3CCCN(N3)C2=O)C(C)C)C1. The molecule has 2 aromatic carbocycles. The van der Waals surface area contributed by atoms with Crippen LogP contribution < -0.4 is 10.7 Å². The fourth-order valence-electron chi connectivity index (χ4n) is 10.6. The summed E-state index contributed by atoms with van der Waals surface area (Å²) in [6, 6.07) is 10.1. The number of aromatic nitrogens is 3. The van der Waals surface area contributed by atoms with E-state index in [4.69, 9.17) is 19.3 Å². The monoisotopic (exact) mass is 921 g/mol. The Balaban J connectivity index is 1.11. The number of hydrogen-bond acceptors (Lipinski definition) is 11. The van der Waals surface area contributed by atoms with Gasteiger partial charge in [0.15, 0.2) is 0 Å². The van der Waals surface area contributed by atoms with E-state index in [2.05, 4.69) is 60.9 Å². The second kappa shape index (κ2) is 20.0. The molecule has 6 bridgehead atoms. The van der Waals surface area contributed by atoms with E-state index in [1.54, 1.807) is 36.1 Å². The van der Waals surface area contributed by atoms with Crippen LogP contribution in [0.2, 0.25) is 0 Å². The van der Waals surface area contributed by atoms with Gasteiger partial charge in [0.25, 0.3) is 5.91 Å². The van der Waals surface area contributed by atoms with Crippen molar-refractivity contribution in [2.24, 2.45) is 17.3 Å². The van der Waals surface area contributed by atoms with E-state index in [0.29, 0.717) is 51.9 Å². The van der Waals surface area contributed by atoms with Crippen LogP contribution in [0.1, 0.15) is 83.2 Å². The summed E-state index contributed by atoms with van der Waals surface area (Å²) < 4.78 is 22.7. The summed E-state index contributed by atoms with van der Waals surface area (Å²) in [6.07, 6.45) is 6.49. The van der Waals surface area contributed by atoms with Crippen molar-refractivity contribution in [3.05, 3.63) is 72.1 Å². The first-order valence-electron chi connectivity index (χ1n) is 23.9. The van der Waals surface area contributed by atoms with Gasteiger partial charge in [0.2, 0.25) is 11.8 Å². The van der Waals surface area contributed by atoms with E-state index in [9.17, 15) is 24.3 Å². The topological polar surface area (TPSA) is 173 Å². The number of carbonyl (C=O) groups excluding carboxylic acids is 4. The Kier molecular flexibility index (Phi) is 14.3. The number of phenolic OH excluding ortho intramolecular Hbond substituents is 1. The molecule has 6 heterocycles. The third-order valence-corrected chi connectivity index (χ3v) is 14.2. The molecular weight excluding hydrogens is 853 g/mol. The molecular formula is C51H68N8O8. The van der Waals surface area contributed by atoms with Crippen molar-refractivity contribution in [2.45, 2.75) is 110 Å². The zero-order chi connectivity index (χ0) is 47.7. The number of hydrogen-bond donors (Lipinski definition) is 3. The summed E-state index contributed by atoms with van der Waals surface area (Å²) >= 11 is 0. The average molecular weight is 921 g/mol. The zero-order valence-electron chi connectivity index (χ0n) is 40.2. The maximum atomic E-state index is 14.6. The van der Waals surface area contributed by atoms with Gasteiger partial charge in [0.1, 0.15) is 17.9 Å². The van der Waals surface area contributed by atoms with Gasteiger partial charge in [0.05, 0.1) is 55.5 Å². The van der Waals surface area contributed by atoms with Crippen molar-refractivity contribution >= 4 is 34.6 Å². The van der Waals surface area contributed by atoms with Crippen LogP contribution >= 0.6 is 0 Å². The fraction of sp³-hybridized carbons (Fsp3) is 0.549. The van der Waals surface area contributed by atoms with E-state index >= 15 is 0 Å². The third-order valence-electron chi connectivity index (χ3n) is 14.2. The highest BCUT2D eigenvalue weighted by Crippen LogP contribution is 2.44. The number of aryl methyl sites for hydroxylation is 2. The van der Waals surface area contributed by atoms with Gasteiger partial charge in [-0.25, -0.2) is 5.43 Å². The summed E-state index contributed by atoms with van der Waals surface area (Å²) in [5.41, 5.74) is 10.5. The molecule has 2 saturated heterocycles. The first-order chi connectivity index (χ1) is 32.1. The molecule has 3 N–H and O–H groups in total. The molecule has 0 unspecified atom stereocenters. The molecule has 0 aliphatic carbocycles. The number of rotatable bonds is 12. The molecule has 4 aliphatic rings. The summed E-state index contributed by atoms with van der Waals surface area (Å²) in [5.74, 6) is -1.08. The van der Waals surface area contributed by atoms with Crippen LogP contribution in [0, 0.1) is 17.3 Å². The summed E-state index contributed by atoms with van der Waals surface area (Å²) in [7, 11) is 3.53. The Morgan fingerprint density at radius 3 is 2.66 bits per heavy atom. The molecule has 2 aromatic heterocycles. The standard InChI is InChI=1S/C51H68N8O8/c1-9-45(61)56-18-15-34(27-56)48(62)55(7)43(31(3)4)28-66-30-52-41-22-32-20-35(23-36(60)21-32)33-13-14-42-37(24-33)38(46(57(42)10-2)39-26-53-58-19-16-44(65-8)47(39)58)25-51(5,6)29-67-50(64)40-12-11-17-59(54-40)49(41)63/h9,13-14,20-21,23-24,26,31,34,40-41,43-44,52,54,60H,1,10-12,15-19,22,25,27-30H2,2-8H3/t34-,40-,41-,43+,44-/m0/s1. The third kappa shape index (κ3) is 9.90.